The number of allylic oxidation sites excluding steroid dienone is 3. The predicted octanol–water partition coefficient (Wildman–Crippen LogP) is 9.78. The van der Waals surface area contributed by atoms with Gasteiger partial charge in [-0.25, -0.2) is 24.4 Å². The summed E-state index contributed by atoms with van der Waals surface area (Å²) in [6.07, 6.45) is 9.73. The summed E-state index contributed by atoms with van der Waals surface area (Å²) in [6, 6.07) is 28.6. The van der Waals surface area contributed by atoms with Crippen LogP contribution in [0.1, 0.15) is 68.5 Å². The van der Waals surface area contributed by atoms with Crippen LogP contribution in [0.5, 0.6) is 5.88 Å². The van der Waals surface area contributed by atoms with E-state index in [0.29, 0.717) is 51.6 Å². The maximum atomic E-state index is 12.6. The molecular formula is C56H62Br4ClI2N10NaO10. The minimum Gasteiger partial charge on any atom is -1.00 e. The zero-order chi connectivity index (χ0) is 57.6. The minimum atomic E-state index is -0.763. The third-order valence-electron chi connectivity index (χ3n) is 10.9. The quantitative estimate of drug-likeness (QED) is 0.0185. The smallest absolute Gasteiger partial charge is 1.00 e. The van der Waals surface area contributed by atoms with Gasteiger partial charge >= 0.3 is 58.8 Å². The number of rotatable bonds is 13. The van der Waals surface area contributed by atoms with Gasteiger partial charge in [-0.05, 0) is 137 Å². The van der Waals surface area contributed by atoms with Crippen molar-refractivity contribution >= 4 is 151 Å². The molecule has 0 aliphatic carbocycles. The summed E-state index contributed by atoms with van der Waals surface area (Å²) in [5.74, 6) is 1.30. The first-order valence-corrected chi connectivity index (χ1v) is 27.7. The number of benzene rings is 3. The number of anilines is 3. The standard InChI is InChI=1S/C18H17Br2N3O4.C18H18N4O2.C10H11Cl.C8H7Br2N3O4.2CH4.2HI.Na/c1-3-6-12-7-5-8-13(9-12)11-22(18(24)27-4-2)14-10-15(19)21-17(20)16(14)23(25)26;19-17-16-14-10-15(20-17)24-8-3-1-2-5-12-6-4-7-13(9-12)11-22(14)18(23)21-16;1-2-4-9-5-3-6-10(7-9)8-11;1-2-17-8(14)11-4-3-5(9)12-7(10)6(4)13(15)16;;;;;/h3,5,7-10H,1,4,6,11H2,2H3;1-2,4,6-7,9-10H,3,5,8,11H2,(H2,19,20)(H,21,23);2-3,5-7H,1,4,8H2;3H,2H2,1H3,(H,11,12,14);2*1H4;2*1H;/q;;;;;;;;+1/p-1/b;2-1+;;;;;;;. The molecule has 0 fully saturated rings. The summed E-state index contributed by atoms with van der Waals surface area (Å²) in [6.45, 7) is 12.1. The van der Waals surface area contributed by atoms with Crippen molar-refractivity contribution in [2.75, 3.05) is 35.8 Å². The number of amides is 2. The van der Waals surface area contributed by atoms with E-state index in [1.165, 1.54) is 33.7 Å². The Morgan fingerprint density at radius 2 is 1.38 bits per heavy atom. The Kier molecular flexibility index (Phi) is 38.3. The number of hydrogen-bond donors (Lipinski definition) is 3. The van der Waals surface area contributed by atoms with Gasteiger partial charge in [-0.15, -0.1) is 48.7 Å². The molecule has 7 aromatic rings. The van der Waals surface area contributed by atoms with Crippen LogP contribution in [0.2, 0.25) is 0 Å². The van der Waals surface area contributed by atoms with Crippen LogP contribution in [0.25, 0.3) is 11.0 Å². The van der Waals surface area contributed by atoms with Crippen molar-refractivity contribution < 1.29 is 87.2 Å². The average molecular weight is 1670 g/mol. The molecule has 2 amide bonds. The predicted molar refractivity (Wildman–Crippen MR) is 349 cm³/mol. The molecule has 28 heteroatoms. The van der Waals surface area contributed by atoms with Gasteiger partial charge < -0.3 is 48.9 Å². The molecule has 1 aliphatic heterocycles. The van der Waals surface area contributed by atoms with Gasteiger partial charge in [0.15, 0.2) is 15.0 Å². The van der Waals surface area contributed by atoms with Gasteiger partial charge in [0.05, 0.1) is 48.3 Å². The number of ether oxygens (including phenoxy) is 3. The topological polar surface area (TPSA) is 266 Å². The van der Waals surface area contributed by atoms with E-state index >= 15 is 0 Å². The summed E-state index contributed by atoms with van der Waals surface area (Å²) in [7, 11) is 0. The van der Waals surface area contributed by atoms with Crippen LogP contribution >= 0.6 is 99.3 Å². The summed E-state index contributed by atoms with van der Waals surface area (Å²) in [5.41, 5.74) is 13.1. The molecule has 1 aliphatic rings. The number of nitrogen functional groups attached to an aromatic ring is 1. The number of aromatic amines is 1. The van der Waals surface area contributed by atoms with Crippen molar-refractivity contribution in [1.29, 1.82) is 0 Å². The van der Waals surface area contributed by atoms with E-state index in [2.05, 4.69) is 143 Å². The Morgan fingerprint density at radius 1 is 0.821 bits per heavy atom. The number of hydrogen-bond acceptors (Lipinski definition) is 14. The fraction of sp³-hybridized carbons (Fsp3) is 0.250. The van der Waals surface area contributed by atoms with Gasteiger partial charge in [-0.3, -0.25) is 35.0 Å². The van der Waals surface area contributed by atoms with Gasteiger partial charge in [-0.2, -0.15) is 4.98 Å². The van der Waals surface area contributed by atoms with E-state index in [-0.39, 0.29) is 156 Å². The molecule has 84 heavy (non-hydrogen) atoms. The number of carbonyl (C=O) groups is 2. The van der Waals surface area contributed by atoms with E-state index in [9.17, 15) is 34.6 Å². The van der Waals surface area contributed by atoms with Gasteiger partial charge in [-0.1, -0.05) is 112 Å². The van der Waals surface area contributed by atoms with Crippen molar-refractivity contribution in [3.05, 3.63) is 211 Å². The summed E-state index contributed by atoms with van der Waals surface area (Å²) < 4.78 is 17.8. The maximum absolute atomic E-state index is 12.6. The molecule has 0 radical (unpaired) electrons. The van der Waals surface area contributed by atoms with Gasteiger partial charge in [0.1, 0.15) is 26.1 Å². The average Bonchev–Trinajstić information content (AvgIpc) is 3.71. The molecule has 446 valence electrons. The molecule has 4 N–H and O–H groups in total. The Morgan fingerprint density at radius 3 is 1.98 bits per heavy atom. The molecule has 4 aromatic heterocycles. The van der Waals surface area contributed by atoms with E-state index in [1.807, 2.05) is 54.6 Å². The SMILES string of the molecule is C.C.C=CCc1cccc(CCl)c1.C=CCc1cccc(CN(C(=O)OCC)c2cc(Br)nc(Br)c2[N+](=O)[O-])c1.CCOC(=O)Nc1cc(Br)nc(Br)c1[N+](=O)[O-].I.Nc1nc2cc3c1[nH]c(=O)n3Cc1cccc(c1)C/C=C/CCO2.[I-].[Na+]. The first-order chi connectivity index (χ1) is 37.9. The number of nitrogens with two attached hydrogens (primary N) is 1. The van der Waals surface area contributed by atoms with E-state index in [4.69, 9.17) is 26.8 Å². The number of aromatic nitrogens is 5. The molecule has 4 bridgehead atoms. The van der Waals surface area contributed by atoms with Gasteiger partial charge in [0.2, 0.25) is 5.88 Å². The summed E-state index contributed by atoms with van der Waals surface area (Å²) in [5, 5.41) is 24.7. The number of nitrogens with zero attached hydrogens (tertiary/aromatic N) is 7. The van der Waals surface area contributed by atoms with E-state index in [1.54, 1.807) is 30.6 Å². The number of imidazole rings is 1. The largest absolute Gasteiger partial charge is 1.00 e. The zero-order valence-corrected chi connectivity index (χ0v) is 58.0. The summed E-state index contributed by atoms with van der Waals surface area (Å²) >= 11 is 18.0. The number of carbonyl (C=O) groups excluding carboxylic acids is 2. The van der Waals surface area contributed by atoms with Crippen molar-refractivity contribution in [3.8, 4) is 5.88 Å². The molecule has 0 saturated heterocycles. The van der Waals surface area contributed by atoms with E-state index in [0.717, 1.165) is 36.0 Å². The molecule has 3 aromatic carbocycles. The molecule has 8 rings (SSSR count). The number of fused-ring (bicyclic) bond motifs is 3. The Labute approximate surface area is 582 Å². The third-order valence-corrected chi connectivity index (χ3v) is 13.1. The second-order valence-corrected chi connectivity index (χ2v) is 19.9. The molecule has 20 nitrogen and oxygen atoms in total. The summed E-state index contributed by atoms with van der Waals surface area (Å²) in [4.78, 5) is 73.3. The molecule has 0 spiro atoms. The molecule has 5 heterocycles. The van der Waals surface area contributed by atoms with Crippen LogP contribution in [0, 0.1) is 20.2 Å². The molecule has 0 saturated carbocycles. The van der Waals surface area contributed by atoms with Crippen LogP contribution < -0.4 is 79.9 Å². The molecule has 0 unspecified atom stereocenters. The number of pyridine rings is 3. The van der Waals surface area contributed by atoms with Crippen molar-refractivity contribution in [2.24, 2.45) is 0 Å². The fourth-order valence-corrected chi connectivity index (χ4v) is 10.0. The number of halogens is 7. The Balaban J connectivity index is 0.00000112. The zero-order valence-electron chi connectivity index (χ0n) is 44.4. The van der Waals surface area contributed by atoms with Gasteiger partial charge in [0.25, 0.3) is 0 Å². The second kappa shape index (κ2) is 40.6. The maximum Gasteiger partial charge on any atom is 1.00 e. The number of nitrogens with one attached hydrogen (secondary N) is 2. The van der Waals surface area contributed by atoms with E-state index < -0.39 is 22.0 Å². The minimum absolute atomic E-state index is 0. The first kappa shape index (κ1) is 79.2. The molecule has 0 atom stereocenters. The van der Waals surface area contributed by atoms with Crippen LogP contribution in [-0.4, -0.2) is 66.4 Å². The molecular weight excluding hydrogens is 1600 g/mol. The Bertz CT molecular complexity index is 3440. The van der Waals surface area contributed by atoms with Crippen LogP contribution in [0.4, 0.5) is 38.2 Å². The van der Waals surface area contributed by atoms with Crippen LogP contribution in [0.3, 0.4) is 0 Å². The first-order valence-electron chi connectivity index (χ1n) is 24.0. The number of nitro groups is 2. The van der Waals surface area contributed by atoms with Crippen LogP contribution in [-0.2, 0) is 47.7 Å². The number of H-pyrrole nitrogens is 1. The second-order valence-electron chi connectivity index (χ2n) is 16.5. The van der Waals surface area contributed by atoms with Gasteiger partial charge in [0, 0.05) is 24.1 Å². The van der Waals surface area contributed by atoms with Crippen molar-refractivity contribution in [3.63, 3.8) is 0 Å². The van der Waals surface area contributed by atoms with Crippen molar-refractivity contribution in [2.45, 2.75) is 73.4 Å². The third kappa shape index (κ3) is 24.2. The monoisotopic (exact) mass is 1660 g/mol. The van der Waals surface area contributed by atoms with Crippen LogP contribution in [0.15, 0.2) is 152 Å². The normalized spacial score (nSPS) is 11.1. The van der Waals surface area contributed by atoms with Crippen molar-refractivity contribution in [1.82, 2.24) is 24.5 Å². The fourth-order valence-electron chi connectivity index (χ4n) is 7.51. The number of alkyl halides is 1. The Hall–Kier alpha value is -4.79.